The molecule has 0 aliphatic heterocycles. The maximum absolute atomic E-state index is 12.6. The third kappa shape index (κ3) is 4.80. The van der Waals surface area contributed by atoms with Gasteiger partial charge in [-0.2, -0.15) is 0 Å². The highest BCUT2D eigenvalue weighted by atomic mass is 32.2. The van der Waals surface area contributed by atoms with Crippen molar-refractivity contribution < 1.29 is 9.53 Å². The van der Waals surface area contributed by atoms with E-state index in [4.69, 9.17) is 4.74 Å². The minimum Gasteiger partial charge on any atom is -0.465 e. The average molecular weight is 386 g/mol. The van der Waals surface area contributed by atoms with Gasteiger partial charge in [0.1, 0.15) is 11.1 Å². The summed E-state index contributed by atoms with van der Waals surface area (Å²) in [4.78, 5) is 12.6. The second kappa shape index (κ2) is 9.74. The van der Waals surface area contributed by atoms with Gasteiger partial charge in [0.2, 0.25) is 0 Å². The third-order valence-electron chi connectivity index (χ3n) is 4.85. The zero-order chi connectivity index (χ0) is 19.1. The molecule has 3 rings (SSSR count). The Labute approximate surface area is 165 Å². The lowest BCUT2D eigenvalue weighted by Gasteiger charge is -2.22. The zero-order valence-corrected chi connectivity index (χ0v) is 16.7. The highest BCUT2D eigenvalue weighted by Gasteiger charge is 2.28. The Morgan fingerprint density at radius 3 is 2.70 bits per heavy atom. The van der Waals surface area contributed by atoms with Gasteiger partial charge in [-0.15, -0.1) is 16.8 Å². The first kappa shape index (κ1) is 19.7. The summed E-state index contributed by atoms with van der Waals surface area (Å²) in [6, 6.07) is 9.71. The van der Waals surface area contributed by atoms with Crippen molar-refractivity contribution >= 4 is 17.7 Å². The van der Waals surface area contributed by atoms with E-state index in [0.717, 1.165) is 29.4 Å². The van der Waals surface area contributed by atoms with E-state index in [2.05, 4.69) is 21.3 Å². The van der Waals surface area contributed by atoms with Crippen LogP contribution in [0.2, 0.25) is 0 Å². The van der Waals surface area contributed by atoms with Gasteiger partial charge in [0.15, 0.2) is 5.16 Å². The predicted octanol–water partition coefficient (Wildman–Crippen LogP) is 4.91. The molecule has 0 spiro atoms. The van der Waals surface area contributed by atoms with Crippen LogP contribution in [0.25, 0.3) is 0 Å². The molecule has 6 heteroatoms. The van der Waals surface area contributed by atoms with Gasteiger partial charge in [-0.05, 0) is 25.3 Å². The van der Waals surface area contributed by atoms with Crippen molar-refractivity contribution in [3.63, 3.8) is 0 Å². The Kier molecular flexibility index (Phi) is 7.10. The van der Waals surface area contributed by atoms with Gasteiger partial charge < -0.3 is 9.30 Å². The molecule has 2 aromatic rings. The minimum atomic E-state index is -0.460. The maximum atomic E-state index is 12.6. The summed E-state index contributed by atoms with van der Waals surface area (Å²) in [5.41, 5.74) is 0.910. The molecule has 144 valence electrons. The molecule has 0 radical (unpaired) electrons. The van der Waals surface area contributed by atoms with Crippen molar-refractivity contribution in [3.8, 4) is 0 Å². The van der Waals surface area contributed by atoms with Crippen LogP contribution in [0.4, 0.5) is 0 Å². The quantitative estimate of drug-likeness (QED) is 0.367. The Balaban J connectivity index is 1.89. The number of allylic oxidation sites excluding steroid dienone is 1. The first-order valence-corrected chi connectivity index (χ1v) is 10.5. The highest BCUT2D eigenvalue weighted by molar-refractivity contribution is 8.00. The van der Waals surface area contributed by atoms with Crippen molar-refractivity contribution in [2.75, 3.05) is 6.61 Å². The summed E-state index contributed by atoms with van der Waals surface area (Å²) in [5.74, 6) is 1.21. The van der Waals surface area contributed by atoms with Crippen molar-refractivity contribution in [1.29, 1.82) is 0 Å². The monoisotopic (exact) mass is 385 g/mol. The van der Waals surface area contributed by atoms with E-state index in [1.165, 1.54) is 31.0 Å². The van der Waals surface area contributed by atoms with Gasteiger partial charge in [-0.3, -0.25) is 4.79 Å². The van der Waals surface area contributed by atoms with E-state index in [1.54, 1.807) is 0 Å². The molecule has 1 aliphatic carbocycles. The zero-order valence-electron chi connectivity index (χ0n) is 15.8. The fourth-order valence-corrected chi connectivity index (χ4v) is 4.61. The highest BCUT2D eigenvalue weighted by Crippen LogP contribution is 2.38. The van der Waals surface area contributed by atoms with Gasteiger partial charge in [-0.1, -0.05) is 67.4 Å². The normalized spacial score (nSPS) is 16.0. The van der Waals surface area contributed by atoms with Crippen LogP contribution in [0.15, 0.2) is 48.1 Å². The van der Waals surface area contributed by atoms with Crippen LogP contribution in [0.3, 0.4) is 0 Å². The Bertz CT molecular complexity index is 754. The summed E-state index contributed by atoms with van der Waals surface area (Å²) in [6.45, 7) is 6.71. The number of carbonyl (C=O) groups excluding carboxylic acids is 1. The van der Waals surface area contributed by atoms with Crippen LogP contribution >= 0.6 is 11.8 Å². The molecular formula is C21H27N3O2S. The van der Waals surface area contributed by atoms with E-state index in [9.17, 15) is 4.79 Å². The van der Waals surface area contributed by atoms with Gasteiger partial charge in [-0.25, -0.2) is 0 Å². The predicted molar refractivity (Wildman–Crippen MR) is 108 cm³/mol. The second-order valence-electron chi connectivity index (χ2n) is 6.74. The van der Waals surface area contributed by atoms with Crippen LogP contribution in [-0.2, 0) is 16.1 Å². The molecule has 1 heterocycles. The molecule has 1 aromatic carbocycles. The van der Waals surface area contributed by atoms with Gasteiger partial charge in [0.05, 0.1) is 6.61 Å². The van der Waals surface area contributed by atoms with Crippen molar-refractivity contribution in [2.45, 2.75) is 61.9 Å². The summed E-state index contributed by atoms with van der Waals surface area (Å²) in [6.07, 6.45) is 7.95. The lowest BCUT2D eigenvalue weighted by atomic mass is 9.89. The summed E-state index contributed by atoms with van der Waals surface area (Å²) in [7, 11) is 0. The number of hydrogen-bond acceptors (Lipinski definition) is 5. The Morgan fingerprint density at radius 2 is 2.04 bits per heavy atom. The number of thioether (sulfide) groups is 1. The topological polar surface area (TPSA) is 57.0 Å². The molecule has 0 saturated heterocycles. The molecule has 1 fully saturated rings. The number of nitrogens with zero attached hydrogens (tertiary/aromatic N) is 3. The standard InChI is InChI=1S/C21H27N3O2S/c1-3-15-24-19(17-13-9-6-10-14-17)22-23-21(24)27-18(20(25)26-4-2)16-11-7-5-8-12-16/h3,5,7-8,11-12,17-18H,1,4,6,9-10,13-15H2,2H3/t18-/m1/s1. The van der Waals surface area contributed by atoms with Crippen LogP contribution in [0, 0.1) is 0 Å². The molecule has 1 aliphatic rings. The Morgan fingerprint density at radius 1 is 1.30 bits per heavy atom. The van der Waals surface area contributed by atoms with Crippen molar-refractivity contribution in [3.05, 3.63) is 54.4 Å². The van der Waals surface area contributed by atoms with Crippen LogP contribution in [0.5, 0.6) is 0 Å². The van der Waals surface area contributed by atoms with E-state index in [0.29, 0.717) is 19.1 Å². The molecular weight excluding hydrogens is 358 g/mol. The number of esters is 1. The first-order chi connectivity index (χ1) is 13.2. The Hall–Kier alpha value is -2.08. The summed E-state index contributed by atoms with van der Waals surface area (Å²) in [5, 5.41) is 9.23. The smallest absolute Gasteiger partial charge is 0.324 e. The average Bonchev–Trinajstić information content (AvgIpc) is 3.10. The van der Waals surface area contributed by atoms with E-state index in [1.807, 2.05) is 43.3 Å². The molecule has 1 atom stereocenters. The SMILES string of the molecule is C=CCn1c(S[C@@H](C(=O)OCC)c2ccccc2)nnc1C1CCCCC1. The summed E-state index contributed by atoms with van der Waals surface area (Å²) < 4.78 is 7.43. The minimum absolute atomic E-state index is 0.249. The second-order valence-corrected chi connectivity index (χ2v) is 7.81. The number of ether oxygens (including phenoxy) is 1. The van der Waals surface area contributed by atoms with Crippen LogP contribution in [-0.4, -0.2) is 27.3 Å². The molecule has 1 saturated carbocycles. The van der Waals surface area contributed by atoms with Crippen LogP contribution in [0.1, 0.15) is 61.6 Å². The molecule has 27 heavy (non-hydrogen) atoms. The maximum Gasteiger partial charge on any atom is 0.324 e. The molecule has 1 aromatic heterocycles. The number of hydrogen-bond donors (Lipinski definition) is 0. The molecule has 5 nitrogen and oxygen atoms in total. The fraction of sp³-hybridized carbons (Fsp3) is 0.476. The van der Waals surface area contributed by atoms with Crippen molar-refractivity contribution in [1.82, 2.24) is 14.8 Å². The van der Waals surface area contributed by atoms with E-state index < -0.39 is 5.25 Å². The molecule has 0 amide bonds. The van der Waals surface area contributed by atoms with Crippen LogP contribution < -0.4 is 0 Å². The first-order valence-electron chi connectivity index (χ1n) is 9.66. The van der Waals surface area contributed by atoms with Gasteiger partial charge in [0, 0.05) is 12.5 Å². The lowest BCUT2D eigenvalue weighted by Crippen LogP contribution is -2.15. The number of rotatable bonds is 8. The third-order valence-corrected chi connectivity index (χ3v) is 6.07. The lowest BCUT2D eigenvalue weighted by molar-refractivity contribution is -0.142. The molecule has 0 unspecified atom stereocenters. The van der Waals surface area contributed by atoms with E-state index >= 15 is 0 Å². The van der Waals surface area contributed by atoms with E-state index in [-0.39, 0.29) is 5.97 Å². The fourth-order valence-electron chi connectivity index (χ4n) is 3.55. The van der Waals surface area contributed by atoms with Gasteiger partial charge >= 0.3 is 5.97 Å². The molecule has 0 bridgehead atoms. The molecule has 0 N–H and O–H groups in total. The number of benzene rings is 1. The largest absolute Gasteiger partial charge is 0.465 e. The number of carbonyl (C=O) groups is 1. The van der Waals surface area contributed by atoms with Crippen molar-refractivity contribution in [2.24, 2.45) is 0 Å². The summed E-state index contributed by atoms with van der Waals surface area (Å²) >= 11 is 1.41. The number of aromatic nitrogens is 3. The van der Waals surface area contributed by atoms with Gasteiger partial charge in [0.25, 0.3) is 0 Å².